The minimum Gasteiger partial charge on any atom is -0.315 e. The van der Waals surface area contributed by atoms with Crippen LogP contribution in [0.3, 0.4) is 0 Å². The van der Waals surface area contributed by atoms with Crippen molar-refractivity contribution in [1.82, 2.24) is 10.0 Å². The second kappa shape index (κ2) is 6.90. The lowest BCUT2D eigenvalue weighted by atomic mass is 9.94. The van der Waals surface area contributed by atoms with Crippen molar-refractivity contribution in [1.29, 1.82) is 0 Å². The summed E-state index contributed by atoms with van der Waals surface area (Å²) >= 11 is 0. The highest BCUT2D eigenvalue weighted by molar-refractivity contribution is 7.89. The smallest absolute Gasteiger partial charge is 0.240 e. The quantitative estimate of drug-likeness (QED) is 0.592. The van der Waals surface area contributed by atoms with Gasteiger partial charge in [0.1, 0.15) is 0 Å². The van der Waals surface area contributed by atoms with Gasteiger partial charge in [-0.05, 0) is 60.0 Å². The summed E-state index contributed by atoms with van der Waals surface area (Å²) in [5.41, 5.74) is 0. The predicted molar refractivity (Wildman–Crippen MR) is 101 cm³/mol. The third-order valence-corrected chi connectivity index (χ3v) is 6.91. The van der Waals surface area contributed by atoms with E-state index in [4.69, 9.17) is 0 Å². The summed E-state index contributed by atoms with van der Waals surface area (Å²) in [5.74, 6) is 2.22. The Hall–Kier alpha value is -1.69. The number of rotatable bonds is 7. The lowest BCUT2D eigenvalue weighted by molar-refractivity contribution is 0.416. The molecule has 3 unspecified atom stereocenters. The Balaban J connectivity index is 1.28. The number of allylic oxidation sites excluding steroid dienone is 2. The lowest BCUT2D eigenvalue weighted by Crippen LogP contribution is -2.34. The molecule has 4 rings (SSSR count). The Labute approximate surface area is 149 Å². The molecule has 2 aromatic rings. The maximum absolute atomic E-state index is 12.5. The van der Waals surface area contributed by atoms with Gasteiger partial charge in [-0.15, -0.1) is 0 Å². The lowest BCUT2D eigenvalue weighted by Gasteiger charge is -2.18. The molecule has 0 heterocycles. The van der Waals surface area contributed by atoms with Gasteiger partial charge < -0.3 is 5.32 Å². The van der Waals surface area contributed by atoms with Gasteiger partial charge in [-0.2, -0.15) is 0 Å². The second-order valence-corrected chi connectivity index (χ2v) is 8.92. The van der Waals surface area contributed by atoms with Crippen molar-refractivity contribution in [2.24, 2.45) is 17.8 Å². The molecule has 5 heteroatoms. The third kappa shape index (κ3) is 3.64. The Morgan fingerprint density at radius 3 is 2.56 bits per heavy atom. The van der Waals surface area contributed by atoms with E-state index in [-0.39, 0.29) is 0 Å². The highest BCUT2D eigenvalue weighted by Gasteiger charge is 2.34. The van der Waals surface area contributed by atoms with Crippen molar-refractivity contribution >= 4 is 20.8 Å². The zero-order valence-electron chi connectivity index (χ0n) is 14.2. The Morgan fingerprint density at radius 2 is 1.80 bits per heavy atom. The van der Waals surface area contributed by atoms with Gasteiger partial charge in [-0.25, -0.2) is 13.1 Å². The molecule has 2 aliphatic carbocycles. The van der Waals surface area contributed by atoms with Crippen LogP contribution in [0, 0.1) is 17.8 Å². The average Bonchev–Trinajstić information content (AvgIpc) is 3.24. The average molecular weight is 356 g/mol. The normalized spacial score (nSPS) is 25.0. The molecule has 1 saturated carbocycles. The zero-order chi connectivity index (χ0) is 17.3. The van der Waals surface area contributed by atoms with Crippen LogP contribution >= 0.6 is 0 Å². The summed E-state index contributed by atoms with van der Waals surface area (Å²) in [6, 6.07) is 13.0. The summed E-state index contributed by atoms with van der Waals surface area (Å²) in [6.45, 7) is 2.04. The Morgan fingerprint density at radius 1 is 0.960 bits per heavy atom. The standard InChI is InChI=1S/C20H24N2O2S/c23-25(24,20-8-7-16-3-1-2-4-17(16)13-20)22-10-9-21-14-19-12-15-5-6-18(19)11-15/h1-8,13,15,18-19,21-22H,9-12,14H2. The van der Waals surface area contributed by atoms with Gasteiger partial charge in [0.25, 0.3) is 0 Å². The highest BCUT2D eigenvalue weighted by atomic mass is 32.2. The molecule has 2 aromatic carbocycles. The van der Waals surface area contributed by atoms with E-state index in [1.807, 2.05) is 30.3 Å². The fraction of sp³-hybridized carbons (Fsp3) is 0.400. The fourth-order valence-corrected chi connectivity index (χ4v) is 5.18. The van der Waals surface area contributed by atoms with Gasteiger partial charge in [0.2, 0.25) is 10.0 Å². The molecule has 4 nitrogen and oxygen atoms in total. The largest absolute Gasteiger partial charge is 0.315 e. The van der Waals surface area contributed by atoms with E-state index in [2.05, 4.69) is 22.2 Å². The first-order chi connectivity index (χ1) is 12.1. The molecule has 2 bridgehead atoms. The monoisotopic (exact) mass is 356 g/mol. The topological polar surface area (TPSA) is 58.2 Å². The molecule has 2 aliphatic rings. The van der Waals surface area contributed by atoms with Gasteiger partial charge in [0.15, 0.2) is 0 Å². The van der Waals surface area contributed by atoms with Gasteiger partial charge in [0.05, 0.1) is 4.90 Å². The minimum atomic E-state index is -3.46. The number of sulfonamides is 1. The number of fused-ring (bicyclic) bond motifs is 3. The molecule has 2 N–H and O–H groups in total. The molecular formula is C20H24N2O2S. The maximum Gasteiger partial charge on any atom is 0.240 e. The molecule has 0 aliphatic heterocycles. The van der Waals surface area contributed by atoms with E-state index < -0.39 is 10.0 Å². The van der Waals surface area contributed by atoms with Crippen molar-refractivity contribution in [2.75, 3.05) is 19.6 Å². The molecule has 3 atom stereocenters. The van der Waals surface area contributed by atoms with Crippen LogP contribution in [0.25, 0.3) is 10.8 Å². The van der Waals surface area contributed by atoms with Crippen LogP contribution in [0.2, 0.25) is 0 Å². The van der Waals surface area contributed by atoms with Gasteiger partial charge >= 0.3 is 0 Å². The first kappa shape index (κ1) is 16.8. The molecule has 132 valence electrons. The number of nitrogens with one attached hydrogen (secondary N) is 2. The predicted octanol–water partition coefficient (Wildman–Crippen LogP) is 2.92. The van der Waals surface area contributed by atoms with Crippen LogP contribution in [0.5, 0.6) is 0 Å². The Bertz CT molecular complexity index is 891. The molecule has 0 saturated heterocycles. The van der Waals surface area contributed by atoms with E-state index in [1.165, 1.54) is 12.8 Å². The van der Waals surface area contributed by atoms with Crippen LogP contribution in [-0.4, -0.2) is 28.1 Å². The summed E-state index contributed by atoms with van der Waals surface area (Å²) in [4.78, 5) is 0.324. The summed E-state index contributed by atoms with van der Waals surface area (Å²) in [5, 5.41) is 5.39. The highest BCUT2D eigenvalue weighted by Crippen LogP contribution is 2.42. The summed E-state index contributed by atoms with van der Waals surface area (Å²) in [6.07, 6.45) is 7.28. The summed E-state index contributed by atoms with van der Waals surface area (Å²) in [7, 11) is -3.46. The first-order valence-electron chi connectivity index (χ1n) is 8.99. The molecule has 0 amide bonds. The van der Waals surface area contributed by atoms with E-state index in [9.17, 15) is 8.42 Å². The van der Waals surface area contributed by atoms with Crippen molar-refractivity contribution in [3.05, 3.63) is 54.6 Å². The Kier molecular flexibility index (Phi) is 4.63. The third-order valence-electron chi connectivity index (χ3n) is 5.45. The maximum atomic E-state index is 12.5. The zero-order valence-corrected chi connectivity index (χ0v) is 15.0. The minimum absolute atomic E-state index is 0.324. The van der Waals surface area contributed by atoms with Gasteiger partial charge in [-0.3, -0.25) is 0 Å². The van der Waals surface area contributed by atoms with Gasteiger partial charge in [-0.1, -0.05) is 42.5 Å². The van der Waals surface area contributed by atoms with Crippen molar-refractivity contribution in [3.63, 3.8) is 0 Å². The summed E-state index contributed by atoms with van der Waals surface area (Å²) < 4.78 is 27.6. The van der Waals surface area contributed by atoms with Crippen LogP contribution in [0.4, 0.5) is 0 Å². The van der Waals surface area contributed by atoms with Crippen molar-refractivity contribution in [2.45, 2.75) is 17.7 Å². The van der Waals surface area contributed by atoms with E-state index in [1.54, 1.807) is 12.1 Å². The van der Waals surface area contributed by atoms with Crippen LogP contribution in [0.15, 0.2) is 59.5 Å². The van der Waals surface area contributed by atoms with Gasteiger partial charge in [0, 0.05) is 13.1 Å². The molecule has 0 spiro atoms. The fourth-order valence-electron chi connectivity index (χ4n) is 4.11. The van der Waals surface area contributed by atoms with E-state index in [0.717, 1.165) is 29.2 Å². The number of hydrogen-bond donors (Lipinski definition) is 2. The van der Waals surface area contributed by atoms with Crippen LogP contribution < -0.4 is 10.0 Å². The second-order valence-electron chi connectivity index (χ2n) is 7.15. The van der Waals surface area contributed by atoms with Crippen molar-refractivity contribution < 1.29 is 8.42 Å². The molecule has 0 aromatic heterocycles. The number of benzene rings is 2. The SMILES string of the molecule is O=S(=O)(NCCNCC1CC2C=CC1C2)c1ccc2ccccc2c1. The van der Waals surface area contributed by atoms with E-state index in [0.29, 0.717) is 23.9 Å². The van der Waals surface area contributed by atoms with E-state index >= 15 is 0 Å². The van der Waals surface area contributed by atoms with Crippen LogP contribution in [0.1, 0.15) is 12.8 Å². The first-order valence-corrected chi connectivity index (χ1v) is 10.5. The molecule has 1 fully saturated rings. The van der Waals surface area contributed by atoms with Crippen LogP contribution in [-0.2, 0) is 10.0 Å². The molecule has 0 radical (unpaired) electrons. The van der Waals surface area contributed by atoms with Crippen molar-refractivity contribution in [3.8, 4) is 0 Å². The molecular weight excluding hydrogens is 332 g/mol. The number of hydrogen-bond acceptors (Lipinski definition) is 3. The molecule has 25 heavy (non-hydrogen) atoms.